The van der Waals surface area contributed by atoms with Gasteiger partial charge in [-0.15, -0.1) is 0 Å². The summed E-state index contributed by atoms with van der Waals surface area (Å²) in [6.45, 7) is 7.09. The molecular formula is C19H26N8O. The predicted octanol–water partition coefficient (Wildman–Crippen LogP) is 0.345. The van der Waals surface area contributed by atoms with Crippen molar-refractivity contribution in [3.8, 4) is 0 Å². The molecule has 2 aromatic heterocycles. The molecule has 0 radical (unpaired) electrons. The number of rotatable bonds is 4. The average molecular weight is 382 g/mol. The summed E-state index contributed by atoms with van der Waals surface area (Å²) in [5.41, 5.74) is 7.26. The zero-order valence-corrected chi connectivity index (χ0v) is 15.9. The number of nitrogens with zero attached hydrogens (tertiary/aromatic N) is 7. The van der Waals surface area contributed by atoms with E-state index in [1.54, 1.807) is 12.4 Å². The summed E-state index contributed by atoms with van der Waals surface area (Å²) in [5.74, 6) is 2.33. The lowest BCUT2D eigenvalue weighted by molar-refractivity contribution is 0.122. The van der Waals surface area contributed by atoms with Gasteiger partial charge in [0.2, 0.25) is 5.95 Å². The van der Waals surface area contributed by atoms with Crippen LogP contribution in [0.5, 0.6) is 0 Å². The number of anilines is 2. The lowest BCUT2D eigenvalue weighted by Gasteiger charge is -2.35. The Morgan fingerprint density at radius 1 is 0.964 bits per heavy atom. The largest absolute Gasteiger partial charge is 0.378 e. The normalized spacial score (nSPS) is 18.4. The number of pyridine rings is 1. The molecule has 2 fully saturated rings. The molecule has 148 valence electrons. The minimum atomic E-state index is 0.532. The first-order valence-electron chi connectivity index (χ1n) is 9.64. The number of aliphatic imine (C=N–C) groups is 1. The Balaban J connectivity index is 1.29. The van der Waals surface area contributed by atoms with Gasteiger partial charge in [0, 0.05) is 57.9 Å². The average Bonchev–Trinajstić information content (AvgIpc) is 2.79. The highest BCUT2D eigenvalue weighted by Crippen LogP contribution is 2.14. The Morgan fingerprint density at radius 2 is 1.71 bits per heavy atom. The van der Waals surface area contributed by atoms with Crippen molar-refractivity contribution in [2.24, 2.45) is 10.7 Å². The van der Waals surface area contributed by atoms with Gasteiger partial charge in [0.1, 0.15) is 5.82 Å². The molecule has 9 nitrogen and oxygen atoms in total. The number of piperazine rings is 1. The summed E-state index contributed by atoms with van der Waals surface area (Å²) in [6, 6.07) is 5.94. The van der Waals surface area contributed by atoms with Crippen LogP contribution in [0, 0.1) is 0 Å². The Hall–Kier alpha value is -2.94. The number of hydrogen-bond donors (Lipinski definition) is 1. The van der Waals surface area contributed by atoms with E-state index in [1.165, 1.54) is 0 Å². The van der Waals surface area contributed by atoms with Crippen molar-refractivity contribution in [3.63, 3.8) is 0 Å². The van der Waals surface area contributed by atoms with Gasteiger partial charge in [0.25, 0.3) is 0 Å². The van der Waals surface area contributed by atoms with Gasteiger partial charge in [-0.05, 0) is 17.7 Å². The Morgan fingerprint density at radius 3 is 2.39 bits per heavy atom. The van der Waals surface area contributed by atoms with Crippen LogP contribution in [0.1, 0.15) is 5.56 Å². The number of aromatic nitrogens is 3. The van der Waals surface area contributed by atoms with Crippen LogP contribution < -0.4 is 15.5 Å². The third-order valence-electron chi connectivity index (χ3n) is 5.01. The maximum Gasteiger partial charge on any atom is 0.225 e. The van der Waals surface area contributed by atoms with Crippen LogP contribution >= 0.6 is 0 Å². The highest BCUT2D eigenvalue weighted by atomic mass is 16.5. The lowest BCUT2D eigenvalue weighted by atomic mass is 10.2. The Kier molecular flexibility index (Phi) is 5.81. The first-order valence-corrected chi connectivity index (χ1v) is 9.64. The van der Waals surface area contributed by atoms with Gasteiger partial charge in [0.15, 0.2) is 5.96 Å². The first kappa shape index (κ1) is 18.4. The Labute approximate surface area is 164 Å². The third kappa shape index (κ3) is 4.48. The topological polar surface area (TPSA) is 96.0 Å². The first-order chi connectivity index (χ1) is 13.8. The second-order valence-corrected chi connectivity index (χ2v) is 6.82. The second-order valence-electron chi connectivity index (χ2n) is 6.82. The molecule has 0 bridgehead atoms. The maximum atomic E-state index is 6.21. The van der Waals surface area contributed by atoms with E-state index >= 15 is 0 Å². The van der Waals surface area contributed by atoms with Gasteiger partial charge in [-0.25, -0.2) is 19.9 Å². The van der Waals surface area contributed by atoms with Crippen LogP contribution in [-0.4, -0.2) is 78.3 Å². The summed E-state index contributed by atoms with van der Waals surface area (Å²) < 4.78 is 5.38. The van der Waals surface area contributed by atoms with Crippen LogP contribution in [0.4, 0.5) is 11.8 Å². The van der Waals surface area contributed by atoms with Gasteiger partial charge >= 0.3 is 0 Å². The van der Waals surface area contributed by atoms with Gasteiger partial charge in [-0.2, -0.15) is 0 Å². The van der Waals surface area contributed by atoms with Crippen molar-refractivity contribution < 1.29 is 4.74 Å². The van der Waals surface area contributed by atoms with E-state index in [4.69, 9.17) is 10.5 Å². The standard InChI is InChI=1S/C19H26N8O/c20-18(26-6-8-27(9-7-26)19-21-4-1-5-22-19)24-15-16-2-3-17(23-14-16)25-10-12-28-13-11-25/h1-5,14H,6-13,15H2,(H2,20,24). The van der Waals surface area contributed by atoms with Crippen molar-refractivity contribution in [1.82, 2.24) is 19.9 Å². The molecule has 4 heterocycles. The summed E-state index contributed by atoms with van der Waals surface area (Å²) >= 11 is 0. The van der Waals surface area contributed by atoms with Gasteiger partial charge < -0.3 is 25.2 Å². The van der Waals surface area contributed by atoms with Gasteiger partial charge in [0.05, 0.1) is 19.8 Å². The van der Waals surface area contributed by atoms with Crippen LogP contribution in [0.3, 0.4) is 0 Å². The van der Waals surface area contributed by atoms with Crippen LogP contribution in [-0.2, 0) is 11.3 Å². The van der Waals surface area contributed by atoms with Gasteiger partial charge in [-0.1, -0.05) is 6.07 Å². The number of guanidine groups is 1. The van der Waals surface area contributed by atoms with E-state index < -0.39 is 0 Å². The quantitative estimate of drug-likeness (QED) is 0.598. The second kappa shape index (κ2) is 8.83. The van der Waals surface area contributed by atoms with E-state index in [0.29, 0.717) is 12.5 Å². The fourth-order valence-electron chi connectivity index (χ4n) is 3.35. The monoisotopic (exact) mass is 382 g/mol. The van der Waals surface area contributed by atoms with Crippen LogP contribution in [0.15, 0.2) is 41.8 Å². The minimum absolute atomic E-state index is 0.532. The number of ether oxygens (including phenoxy) is 1. The molecule has 0 amide bonds. The minimum Gasteiger partial charge on any atom is -0.378 e. The molecule has 9 heteroatoms. The number of hydrogen-bond acceptors (Lipinski definition) is 7. The summed E-state index contributed by atoms with van der Waals surface area (Å²) in [5, 5.41) is 0. The lowest BCUT2D eigenvalue weighted by Crippen LogP contribution is -2.51. The molecular weight excluding hydrogens is 356 g/mol. The van der Waals surface area contributed by atoms with E-state index in [2.05, 4.69) is 40.7 Å². The fraction of sp³-hybridized carbons (Fsp3) is 0.474. The molecule has 2 aliphatic rings. The van der Waals surface area contributed by atoms with Crippen molar-refractivity contribution in [3.05, 3.63) is 42.4 Å². The summed E-state index contributed by atoms with van der Waals surface area (Å²) in [7, 11) is 0. The van der Waals surface area contributed by atoms with E-state index in [-0.39, 0.29) is 0 Å². The summed E-state index contributed by atoms with van der Waals surface area (Å²) in [6.07, 6.45) is 5.41. The SMILES string of the molecule is NC(=NCc1ccc(N2CCOCC2)nc1)N1CCN(c2ncccn2)CC1. The number of nitrogens with two attached hydrogens (primary N) is 1. The molecule has 2 saturated heterocycles. The molecule has 0 aromatic carbocycles. The smallest absolute Gasteiger partial charge is 0.225 e. The molecule has 2 N–H and O–H groups in total. The van der Waals surface area contributed by atoms with E-state index in [1.807, 2.05) is 18.3 Å². The maximum absolute atomic E-state index is 6.21. The zero-order chi connectivity index (χ0) is 19.2. The number of morpholine rings is 1. The highest BCUT2D eigenvalue weighted by molar-refractivity contribution is 5.78. The Bertz CT molecular complexity index is 768. The van der Waals surface area contributed by atoms with Crippen molar-refractivity contribution in [2.75, 3.05) is 62.3 Å². The van der Waals surface area contributed by atoms with E-state index in [0.717, 1.165) is 69.8 Å². The fourth-order valence-corrected chi connectivity index (χ4v) is 3.35. The molecule has 0 spiro atoms. The molecule has 0 atom stereocenters. The molecule has 0 unspecified atom stereocenters. The highest BCUT2D eigenvalue weighted by Gasteiger charge is 2.19. The van der Waals surface area contributed by atoms with Crippen molar-refractivity contribution in [1.29, 1.82) is 0 Å². The van der Waals surface area contributed by atoms with Crippen LogP contribution in [0.2, 0.25) is 0 Å². The molecule has 0 aliphatic carbocycles. The van der Waals surface area contributed by atoms with Crippen LogP contribution in [0.25, 0.3) is 0 Å². The molecule has 28 heavy (non-hydrogen) atoms. The molecule has 2 aliphatic heterocycles. The van der Waals surface area contributed by atoms with Crippen molar-refractivity contribution >= 4 is 17.7 Å². The molecule has 0 saturated carbocycles. The summed E-state index contributed by atoms with van der Waals surface area (Å²) in [4.78, 5) is 24.2. The van der Waals surface area contributed by atoms with Gasteiger partial charge in [-0.3, -0.25) is 0 Å². The molecule has 4 rings (SSSR count). The van der Waals surface area contributed by atoms with Crippen molar-refractivity contribution in [2.45, 2.75) is 6.54 Å². The zero-order valence-electron chi connectivity index (χ0n) is 15.9. The van der Waals surface area contributed by atoms with E-state index in [9.17, 15) is 0 Å². The predicted molar refractivity (Wildman–Crippen MR) is 108 cm³/mol. The third-order valence-corrected chi connectivity index (χ3v) is 5.01. The molecule has 2 aromatic rings.